The molecule has 2 N–H and O–H groups in total. The molecule has 0 aromatic carbocycles. The van der Waals surface area contributed by atoms with Gasteiger partial charge in [-0.25, -0.2) is 0 Å². The minimum atomic E-state index is 0.687. The lowest BCUT2D eigenvalue weighted by Gasteiger charge is -2.10. The summed E-state index contributed by atoms with van der Waals surface area (Å²) in [5.41, 5.74) is 0. The van der Waals surface area contributed by atoms with E-state index in [4.69, 9.17) is 17.0 Å². The minimum absolute atomic E-state index is 0.687. The second kappa shape index (κ2) is 8.26. The van der Waals surface area contributed by atoms with Gasteiger partial charge in [0.25, 0.3) is 0 Å². The molecule has 0 spiro atoms. The highest BCUT2D eigenvalue weighted by molar-refractivity contribution is 7.80. The molecule has 0 rings (SSSR count). The zero-order chi connectivity index (χ0) is 10.1. The highest BCUT2D eigenvalue weighted by Crippen LogP contribution is 1.95. The smallest absolute Gasteiger partial charge is 0.166 e. The maximum absolute atomic E-state index is 5.04. The predicted octanol–water partition coefficient (Wildman–Crippen LogP) is 1.14. The van der Waals surface area contributed by atoms with E-state index in [9.17, 15) is 0 Å². The topological polar surface area (TPSA) is 33.3 Å². The van der Waals surface area contributed by atoms with Crippen molar-refractivity contribution in [1.29, 1.82) is 0 Å². The Kier molecular flexibility index (Phi) is 8.04. The molecule has 0 aromatic rings. The largest absolute Gasteiger partial charge is 0.383 e. The molecule has 0 unspecified atom stereocenters. The molecule has 0 atom stereocenters. The number of methoxy groups -OCH3 is 1. The Labute approximate surface area is 86.2 Å². The Balaban J connectivity index is 3.20. The van der Waals surface area contributed by atoms with E-state index in [0.29, 0.717) is 12.5 Å². The summed E-state index contributed by atoms with van der Waals surface area (Å²) in [6, 6.07) is 0. The zero-order valence-corrected chi connectivity index (χ0v) is 9.54. The molecule has 13 heavy (non-hydrogen) atoms. The Morgan fingerprint density at radius 2 is 1.92 bits per heavy atom. The first kappa shape index (κ1) is 12.7. The van der Waals surface area contributed by atoms with Gasteiger partial charge in [-0.15, -0.1) is 0 Å². The van der Waals surface area contributed by atoms with Crippen LogP contribution in [0.25, 0.3) is 0 Å². The third-order valence-electron chi connectivity index (χ3n) is 1.60. The van der Waals surface area contributed by atoms with E-state index in [2.05, 4.69) is 24.5 Å². The van der Waals surface area contributed by atoms with Gasteiger partial charge in [0.2, 0.25) is 0 Å². The Morgan fingerprint density at radius 3 is 2.46 bits per heavy atom. The van der Waals surface area contributed by atoms with Crippen LogP contribution >= 0.6 is 12.2 Å². The van der Waals surface area contributed by atoms with Gasteiger partial charge in [-0.1, -0.05) is 13.8 Å². The summed E-state index contributed by atoms with van der Waals surface area (Å²) in [6.45, 7) is 6.79. The first-order chi connectivity index (χ1) is 6.16. The summed E-state index contributed by atoms with van der Waals surface area (Å²) in [5.74, 6) is 0.717. The first-order valence-corrected chi connectivity index (χ1v) is 5.08. The van der Waals surface area contributed by atoms with Crippen LogP contribution in [-0.4, -0.2) is 31.9 Å². The molecule has 0 bridgehead atoms. The monoisotopic (exact) mass is 204 g/mol. The van der Waals surface area contributed by atoms with Gasteiger partial charge in [-0.3, -0.25) is 0 Å². The number of hydrogen-bond donors (Lipinski definition) is 2. The van der Waals surface area contributed by atoms with Gasteiger partial charge < -0.3 is 15.4 Å². The number of ether oxygens (including phenoxy) is 1. The van der Waals surface area contributed by atoms with Gasteiger partial charge in [0.15, 0.2) is 5.11 Å². The molecule has 0 fully saturated rings. The molecule has 0 aromatic heterocycles. The van der Waals surface area contributed by atoms with E-state index >= 15 is 0 Å². The van der Waals surface area contributed by atoms with E-state index < -0.39 is 0 Å². The van der Waals surface area contributed by atoms with Crippen molar-refractivity contribution in [3.8, 4) is 0 Å². The molecule has 0 radical (unpaired) electrons. The van der Waals surface area contributed by atoms with E-state index in [-0.39, 0.29) is 0 Å². The van der Waals surface area contributed by atoms with Gasteiger partial charge in [0, 0.05) is 20.2 Å². The van der Waals surface area contributed by atoms with Crippen LogP contribution in [0.1, 0.15) is 20.3 Å². The van der Waals surface area contributed by atoms with Crippen LogP contribution < -0.4 is 10.6 Å². The lowest BCUT2D eigenvalue weighted by atomic mass is 10.1. The maximum Gasteiger partial charge on any atom is 0.166 e. The van der Waals surface area contributed by atoms with Crippen LogP contribution in [0, 0.1) is 5.92 Å². The van der Waals surface area contributed by atoms with E-state index in [1.807, 2.05) is 0 Å². The second-order valence-corrected chi connectivity index (χ2v) is 3.77. The summed E-state index contributed by atoms with van der Waals surface area (Å²) in [4.78, 5) is 0. The number of hydrogen-bond acceptors (Lipinski definition) is 2. The fraction of sp³-hybridized carbons (Fsp3) is 0.889. The quantitative estimate of drug-likeness (QED) is 0.502. The van der Waals surface area contributed by atoms with Gasteiger partial charge in [-0.2, -0.15) is 0 Å². The van der Waals surface area contributed by atoms with E-state index in [1.54, 1.807) is 7.11 Å². The van der Waals surface area contributed by atoms with E-state index in [1.165, 1.54) is 0 Å². The van der Waals surface area contributed by atoms with Gasteiger partial charge in [-0.05, 0) is 24.6 Å². The SMILES string of the molecule is COCCNC(=S)NCCC(C)C. The van der Waals surface area contributed by atoms with Crippen LogP contribution in [0.5, 0.6) is 0 Å². The minimum Gasteiger partial charge on any atom is -0.383 e. The Bertz CT molecular complexity index is 140. The Morgan fingerprint density at radius 1 is 1.31 bits per heavy atom. The van der Waals surface area contributed by atoms with E-state index in [0.717, 1.165) is 24.6 Å². The molecule has 0 saturated carbocycles. The molecular formula is C9H20N2OS. The second-order valence-electron chi connectivity index (χ2n) is 3.36. The summed E-state index contributed by atoms with van der Waals surface area (Å²) >= 11 is 5.04. The first-order valence-electron chi connectivity index (χ1n) is 4.67. The van der Waals surface area contributed by atoms with Crippen molar-refractivity contribution in [3.63, 3.8) is 0 Å². The fourth-order valence-corrected chi connectivity index (χ4v) is 1.01. The zero-order valence-electron chi connectivity index (χ0n) is 8.72. The molecule has 4 heteroatoms. The van der Waals surface area contributed by atoms with Crippen LogP contribution in [0.15, 0.2) is 0 Å². The van der Waals surface area contributed by atoms with Crippen LogP contribution in [0.4, 0.5) is 0 Å². The van der Waals surface area contributed by atoms with Crippen molar-refractivity contribution >= 4 is 17.3 Å². The van der Waals surface area contributed by atoms with Crippen molar-refractivity contribution in [2.24, 2.45) is 5.92 Å². The fourth-order valence-electron chi connectivity index (χ4n) is 0.803. The van der Waals surface area contributed by atoms with Crippen LogP contribution in [0.2, 0.25) is 0 Å². The molecule has 0 aliphatic rings. The van der Waals surface area contributed by atoms with Gasteiger partial charge in [0.05, 0.1) is 6.61 Å². The van der Waals surface area contributed by atoms with Gasteiger partial charge in [0.1, 0.15) is 0 Å². The lowest BCUT2D eigenvalue weighted by Crippen LogP contribution is -2.37. The standard InChI is InChI=1S/C9H20N2OS/c1-8(2)4-5-10-9(13)11-6-7-12-3/h8H,4-7H2,1-3H3,(H2,10,11,13). The molecule has 0 heterocycles. The number of nitrogens with one attached hydrogen (secondary N) is 2. The average molecular weight is 204 g/mol. The van der Waals surface area contributed by atoms with Crippen LogP contribution in [0.3, 0.4) is 0 Å². The summed E-state index contributed by atoms with van der Waals surface area (Å²) < 4.78 is 4.89. The third kappa shape index (κ3) is 9.56. The average Bonchev–Trinajstić information content (AvgIpc) is 2.04. The number of rotatable bonds is 6. The molecule has 0 amide bonds. The Hall–Kier alpha value is -0.350. The summed E-state index contributed by atoms with van der Waals surface area (Å²) in [6.07, 6.45) is 1.14. The number of thiocarbonyl (C=S) groups is 1. The molecule has 0 aliphatic carbocycles. The predicted molar refractivity (Wildman–Crippen MR) is 59.9 cm³/mol. The van der Waals surface area contributed by atoms with Crippen molar-refractivity contribution in [3.05, 3.63) is 0 Å². The molecule has 0 aliphatic heterocycles. The third-order valence-corrected chi connectivity index (χ3v) is 1.89. The molecule has 0 saturated heterocycles. The van der Waals surface area contributed by atoms with Crippen molar-refractivity contribution in [2.45, 2.75) is 20.3 Å². The molecule has 3 nitrogen and oxygen atoms in total. The lowest BCUT2D eigenvalue weighted by molar-refractivity contribution is 0.204. The molecule has 78 valence electrons. The summed E-state index contributed by atoms with van der Waals surface area (Å²) in [5, 5.41) is 6.91. The normalized spacial score (nSPS) is 10.2. The highest BCUT2D eigenvalue weighted by Gasteiger charge is 1.95. The van der Waals surface area contributed by atoms with Crippen molar-refractivity contribution in [2.75, 3.05) is 26.8 Å². The molecular weight excluding hydrogens is 184 g/mol. The maximum atomic E-state index is 5.04. The van der Waals surface area contributed by atoms with Crippen LogP contribution in [-0.2, 0) is 4.74 Å². The van der Waals surface area contributed by atoms with Crippen molar-refractivity contribution in [1.82, 2.24) is 10.6 Å². The summed E-state index contributed by atoms with van der Waals surface area (Å²) in [7, 11) is 1.68. The van der Waals surface area contributed by atoms with Gasteiger partial charge >= 0.3 is 0 Å². The highest BCUT2D eigenvalue weighted by atomic mass is 32.1. The van der Waals surface area contributed by atoms with Crippen molar-refractivity contribution < 1.29 is 4.74 Å².